The zero-order chi connectivity index (χ0) is 77.4. The number of ether oxygens (including phenoxy) is 4. The molecule has 3 N–H and O–H groups in total. The fraction of sp³-hybridized carbons (Fsp3) is 0.632. The van der Waals surface area contributed by atoms with Crippen molar-refractivity contribution in [3.63, 3.8) is 0 Å². The van der Waals surface area contributed by atoms with Crippen molar-refractivity contribution < 1.29 is 80.2 Å². The van der Waals surface area contributed by atoms with E-state index in [0.717, 1.165) is 173 Å². The molecule has 602 valence electrons. The lowest BCUT2D eigenvalue weighted by atomic mass is 10.1. The van der Waals surface area contributed by atoms with Gasteiger partial charge in [-0.3, -0.25) is 37.3 Å². The van der Waals surface area contributed by atoms with Gasteiger partial charge < -0.3 is 33.8 Å². The van der Waals surface area contributed by atoms with E-state index in [1.165, 1.54) is 38.5 Å². The molecule has 0 rings (SSSR count). The summed E-state index contributed by atoms with van der Waals surface area (Å²) in [6.07, 6.45) is 91.9. The Morgan fingerprint density at radius 3 is 0.802 bits per heavy atom. The Balaban J connectivity index is 5.49. The SMILES string of the molecule is CC/C=C\C/C=C\C/C=C\C/C=C\C/C=C\CCCC(=O)OCC(COP(=O)(O)OCC(O)COP(=O)(O)OCC(COC(=O)CCCCCC/C=C\C/C=C\C/C=C\C/C=C\CC)OC(=O)CCCCCC/C=C\C/C=C\C/C=C\C/C=C\CC)OC(=O)CCCCCCC/C=C\CCCCCCCC. The summed E-state index contributed by atoms with van der Waals surface area (Å²) < 4.78 is 68.6. The monoisotopic (exact) mass is 1520 g/mol. The first-order valence-corrected chi connectivity index (χ1v) is 43.4. The van der Waals surface area contributed by atoms with E-state index in [0.29, 0.717) is 32.1 Å². The van der Waals surface area contributed by atoms with Crippen LogP contribution in [-0.4, -0.2) is 96.7 Å². The molecule has 0 heterocycles. The second-order valence-corrected chi connectivity index (χ2v) is 29.1. The van der Waals surface area contributed by atoms with Crippen molar-refractivity contribution in [2.24, 2.45) is 0 Å². The molecule has 106 heavy (non-hydrogen) atoms. The molecule has 0 aliphatic carbocycles. The standard InChI is InChI=1S/C87H142O17P2/c1-5-9-13-17-21-25-29-33-37-40-44-47-51-55-59-63-67-71-84(89)97-77-82(103-86(91)73-69-65-61-57-53-49-43-36-32-28-24-20-16-12-8-4)79-101-105(93,94)99-75-81(88)76-100-106(95,96)102-80-83(104-87(92)74-70-66-62-58-54-50-46-42-39-35-31-27-23-19-15-11-7-3)78-98-85(90)72-68-64-60-56-52-48-45-41-38-34-30-26-22-18-14-10-6-2/h9-11,13-15,21-23,25-27,33-39,43-48,50,55,59,81-83,88H,5-8,12,16-20,24,28-32,40-42,49,51-54,56-58,60-80H2,1-4H3,(H,93,94)(H,95,96)/b13-9-,14-10-,15-11-,25-21-,26-22-,27-23-,37-33-,38-34-,39-35-,43-36-,47-44-,48-45-,50-46-,59-55-. The lowest BCUT2D eigenvalue weighted by Gasteiger charge is -2.21. The highest BCUT2D eigenvalue weighted by molar-refractivity contribution is 7.47. The molecule has 0 fully saturated rings. The summed E-state index contributed by atoms with van der Waals surface area (Å²) in [5.41, 5.74) is 0. The molecule has 0 spiro atoms. The number of hydrogen-bond donors (Lipinski definition) is 3. The van der Waals surface area contributed by atoms with E-state index in [9.17, 15) is 43.2 Å². The molecule has 0 bridgehead atoms. The molecule has 17 nitrogen and oxygen atoms in total. The van der Waals surface area contributed by atoms with Crippen molar-refractivity contribution in [1.29, 1.82) is 0 Å². The van der Waals surface area contributed by atoms with Crippen LogP contribution in [0, 0.1) is 0 Å². The summed E-state index contributed by atoms with van der Waals surface area (Å²) in [5, 5.41) is 10.7. The van der Waals surface area contributed by atoms with Crippen LogP contribution in [0.2, 0.25) is 0 Å². The van der Waals surface area contributed by atoms with Crippen LogP contribution in [0.3, 0.4) is 0 Å². The topological polar surface area (TPSA) is 237 Å². The molecule has 0 amide bonds. The third-order valence-electron chi connectivity index (χ3n) is 16.2. The highest BCUT2D eigenvalue weighted by atomic mass is 31.2. The Morgan fingerprint density at radius 1 is 0.274 bits per heavy atom. The molecule has 0 saturated heterocycles. The molecule has 0 aliphatic rings. The van der Waals surface area contributed by atoms with Gasteiger partial charge in [-0.05, 0) is 167 Å². The first-order valence-electron chi connectivity index (χ1n) is 40.4. The van der Waals surface area contributed by atoms with Crippen LogP contribution in [0.25, 0.3) is 0 Å². The molecule has 0 aromatic rings. The summed E-state index contributed by atoms with van der Waals surface area (Å²) in [6.45, 7) is 4.39. The van der Waals surface area contributed by atoms with E-state index in [1.54, 1.807) is 0 Å². The van der Waals surface area contributed by atoms with Crippen LogP contribution in [0.5, 0.6) is 0 Å². The Labute approximate surface area is 642 Å². The van der Waals surface area contributed by atoms with Crippen LogP contribution < -0.4 is 0 Å². The number of aliphatic hydroxyl groups excluding tert-OH is 1. The van der Waals surface area contributed by atoms with E-state index in [-0.39, 0.29) is 25.7 Å². The predicted molar refractivity (Wildman–Crippen MR) is 436 cm³/mol. The minimum atomic E-state index is -5.00. The molecule has 0 aromatic carbocycles. The average Bonchev–Trinajstić information content (AvgIpc) is 0.901. The van der Waals surface area contributed by atoms with Crippen LogP contribution in [0.1, 0.15) is 297 Å². The molecule has 5 atom stereocenters. The smallest absolute Gasteiger partial charge is 0.462 e. The molecular weight excluding hydrogens is 1380 g/mol. The minimum absolute atomic E-state index is 0.0537. The van der Waals surface area contributed by atoms with Gasteiger partial charge in [-0.15, -0.1) is 0 Å². The van der Waals surface area contributed by atoms with Crippen molar-refractivity contribution in [3.8, 4) is 0 Å². The molecule has 0 saturated carbocycles. The van der Waals surface area contributed by atoms with Crippen LogP contribution in [0.15, 0.2) is 170 Å². The van der Waals surface area contributed by atoms with Gasteiger partial charge in [0.05, 0.1) is 26.4 Å². The first kappa shape index (κ1) is 100. The van der Waals surface area contributed by atoms with Gasteiger partial charge in [0.1, 0.15) is 19.3 Å². The predicted octanol–water partition coefficient (Wildman–Crippen LogP) is 23.8. The maximum atomic E-state index is 13.1. The third kappa shape index (κ3) is 76.6. The number of phosphoric ester groups is 2. The lowest BCUT2D eigenvalue weighted by molar-refractivity contribution is -0.161. The highest BCUT2D eigenvalue weighted by Gasteiger charge is 2.30. The number of carbonyl (C=O) groups is 4. The van der Waals surface area contributed by atoms with Crippen molar-refractivity contribution in [1.82, 2.24) is 0 Å². The van der Waals surface area contributed by atoms with Crippen LogP contribution in [-0.2, 0) is 65.4 Å². The molecule has 0 aromatic heterocycles. The minimum Gasteiger partial charge on any atom is -0.462 e. The zero-order valence-electron chi connectivity index (χ0n) is 65.8. The molecule has 0 radical (unpaired) electrons. The van der Waals surface area contributed by atoms with Gasteiger partial charge in [0.25, 0.3) is 0 Å². The fourth-order valence-electron chi connectivity index (χ4n) is 10.1. The van der Waals surface area contributed by atoms with Gasteiger partial charge in [0.15, 0.2) is 12.2 Å². The summed E-state index contributed by atoms with van der Waals surface area (Å²) in [5.74, 6) is -2.32. The van der Waals surface area contributed by atoms with Gasteiger partial charge in [0.2, 0.25) is 0 Å². The van der Waals surface area contributed by atoms with Gasteiger partial charge in [-0.2, -0.15) is 0 Å². The van der Waals surface area contributed by atoms with Crippen molar-refractivity contribution in [2.75, 3.05) is 39.6 Å². The lowest BCUT2D eigenvalue weighted by Crippen LogP contribution is -2.30. The third-order valence-corrected chi connectivity index (χ3v) is 18.1. The molecule has 5 unspecified atom stereocenters. The Kier molecular flexibility index (Phi) is 73.5. The van der Waals surface area contributed by atoms with E-state index in [1.807, 2.05) is 12.2 Å². The second-order valence-electron chi connectivity index (χ2n) is 26.2. The number of phosphoric acid groups is 2. The number of aliphatic hydroxyl groups is 1. The largest absolute Gasteiger partial charge is 0.472 e. The van der Waals surface area contributed by atoms with Crippen molar-refractivity contribution in [3.05, 3.63) is 170 Å². The number of unbranched alkanes of at least 4 members (excludes halogenated alkanes) is 20. The second kappa shape index (κ2) is 77.6. The maximum absolute atomic E-state index is 13.1. The van der Waals surface area contributed by atoms with Gasteiger partial charge in [0, 0.05) is 25.7 Å². The number of hydrogen-bond acceptors (Lipinski definition) is 15. The van der Waals surface area contributed by atoms with E-state index in [2.05, 4.69) is 186 Å². The number of esters is 4. The zero-order valence-corrected chi connectivity index (χ0v) is 67.6. The van der Waals surface area contributed by atoms with Gasteiger partial charge in [-0.1, -0.05) is 275 Å². The maximum Gasteiger partial charge on any atom is 0.472 e. The fourth-order valence-corrected chi connectivity index (χ4v) is 11.7. The highest BCUT2D eigenvalue weighted by Crippen LogP contribution is 2.45. The van der Waals surface area contributed by atoms with Crippen LogP contribution >= 0.6 is 15.6 Å². The first-order chi connectivity index (χ1) is 51.7. The van der Waals surface area contributed by atoms with Gasteiger partial charge in [-0.25, -0.2) is 9.13 Å². The average molecular weight is 1520 g/mol. The van der Waals surface area contributed by atoms with E-state index >= 15 is 0 Å². The normalized spacial score (nSPS) is 14.7. The summed E-state index contributed by atoms with van der Waals surface area (Å²) in [7, 11) is -10.0. The summed E-state index contributed by atoms with van der Waals surface area (Å²) >= 11 is 0. The molecule has 0 aliphatic heterocycles. The summed E-state index contributed by atoms with van der Waals surface area (Å²) in [4.78, 5) is 73.1. The number of allylic oxidation sites excluding steroid dienone is 28. The molecule has 19 heteroatoms. The van der Waals surface area contributed by atoms with Crippen LogP contribution in [0.4, 0.5) is 0 Å². The van der Waals surface area contributed by atoms with E-state index < -0.39 is 97.5 Å². The Hall–Kier alpha value is -5.58. The van der Waals surface area contributed by atoms with Crippen molar-refractivity contribution >= 4 is 39.5 Å². The number of rotatable bonds is 74. The number of carbonyl (C=O) groups excluding carboxylic acids is 4. The molecular formula is C87H142O17P2. The van der Waals surface area contributed by atoms with Gasteiger partial charge >= 0.3 is 39.5 Å². The summed E-state index contributed by atoms with van der Waals surface area (Å²) in [6, 6.07) is 0. The Bertz CT molecular complexity index is 2680. The van der Waals surface area contributed by atoms with Crippen molar-refractivity contribution in [2.45, 2.75) is 316 Å². The van der Waals surface area contributed by atoms with E-state index in [4.69, 9.17) is 37.0 Å². The Morgan fingerprint density at radius 2 is 0.500 bits per heavy atom. The quantitative estimate of drug-likeness (QED) is 0.0169.